The van der Waals surface area contributed by atoms with Gasteiger partial charge in [-0.25, -0.2) is 9.52 Å². The lowest BCUT2D eigenvalue weighted by atomic mass is 9.99. The van der Waals surface area contributed by atoms with Gasteiger partial charge in [0.05, 0.1) is 0 Å². The third kappa shape index (κ3) is 3.79. The Morgan fingerprint density at radius 1 is 1.42 bits per heavy atom. The Morgan fingerprint density at radius 2 is 2.11 bits per heavy atom. The van der Waals surface area contributed by atoms with Crippen LogP contribution in [0.4, 0.5) is 4.79 Å². The normalized spacial score (nSPS) is 25.8. The highest BCUT2D eigenvalue weighted by atomic mass is 32.2. The maximum absolute atomic E-state index is 11.4. The van der Waals surface area contributed by atoms with E-state index in [0.29, 0.717) is 12.5 Å². The van der Waals surface area contributed by atoms with Crippen LogP contribution in [0.15, 0.2) is 24.5 Å². The van der Waals surface area contributed by atoms with Crippen molar-refractivity contribution in [1.82, 2.24) is 14.4 Å². The molecule has 106 valence electrons. The molecule has 0 aliphatic carbocycles. The molecule has 1 aromatic heterocycles. The van der Waals surface area contributed by atoms with E-state index >= 15 is 0 Å². The van der Waals surface area contributed by atoms with E-state index < -0.39 is 17.4 Å². The molecular weight excluding hydrogens is 270 g/mol. The average molecular weight is 286 g/mol. The number of rotatable bonds is 3. The SMILES string of the molecule is CC1CCC(n2cccc2)N(OC(=O)NS(=O)[O-])C1. The van der Waals surface area contributed by atoms with E-state index in [4.69, 9.17) is 4.84 Å². The van der Waals surface area contributed by atoms with Crippen molar-refractivity contribution in [2.24, 2.45) is 5.92 Å². The van der Waals surface area contributed by atoms with Gasteiger partial charge >= 0.3 is 6.09 Å². The Kier molecular flexibility index (Phi) is 4.56. The molecule has 0 radical (unpaired) electrons. The van der Waals surface area contributed by atoms with Gasteiger partial charge < -0.3 is 14.0 Å². The minimum atomic E-state index is -2.66. The lowest BCUT2D eigenvalue weighted by molar-refractivity contribution is -0.176. The molecule has 3 unspecified atom stereocenters. The van der Waals surface area contributed by atoms with Crippen LogP contribution in [0.25, 0.3) is 0 Å². The number of carbonyl (C=O) groups excluding carboxylic acids is 1. The molecule has 1 aliphatic rings. The predicted molar refractivity (Wildman–Crippen MR) is 67.1 cm³/mol. The molecule has 8 heteroatoms. The van der Waals surface area contributed by atoms with Crippen LogP contribution in [0.1, 0.15) is 25.9 Å². The summed E-state index contributed by atoms with van der Waals surface area (Å²) in [6, 6.07) is 3.78. The molecule has 1 saturated heterocycles. The predicted octanol–water partition coefficient (Wildman–Crippen LogP) is 1.15. The van der Waals surface area contributed by atoms with Gasteiger partial charge in [0, 0.05) is 30.2 Å². The maximum Gasteiger partial charge on any atom is 0.437 e. The second kappa shape index (κ2) is 6.18. The Balaban J connectivity index is 2.04. The molecule has 2 heterocycles. The number of nitrogens with one attached hydrogen (secondary N) is 1. The van der Waals surface area contributed by atoms with Gasteiger partial charge in [0.1, 0.15) is 6.17 Å². The van der Waals surface area contributed by atoms with E-state index in [0.717, 1.165) is 12.8 Å². The second-order valence-corrected chi connectivity index (χ2v) is 5.28. The Morgan fingerprint density at radius 3 is 2.74 bits per heavy atom. The molecule has 1 amide bonds. The molecule has 0 spiro atoms. The summed E-state index contributed by atoms with van der Waals surface area (Å²) in [5.41, 5.74) is 0. The average Bonchev–Trinajstić information content (AvgIpc) is 2.81. The first-order valence-corrected chi connectivity index (χ1v) is 7.10. The first kappa shape index (κ1) is 14.0. The van der Waals surface area contributed by atoms with Gasteiger partial charge in [0.25, 0.3) is 0 Å². The summed E-state index contributed by atoms with van der Waals surface area (Å²) < 4.78 is 24.4. The number of amides is 1. The van der Waals surface area contributed by atoms with Crippen LogP contribution in [-0.4, -0.2) is 31.0 Å². The molecule has 3 atom stereocenters. The number of hydrogen-bond donors (Lipinski definition) is 1. The summed E-state index contributed by atoms with van der Waals surface area (Å²) in [4.78, 5) is 16.4. The molecule has 19 heavy (non-hydrogen) atoms. The topological polar surface area (TPSA) is 86.6 Å². The molecule has 2 rings (SSSR count). The van der Waals surface area contributed by atoms with E-state index in [1.54, 1.807) is 4.72 Å². The summed E-state index contributed by atoms with van der Waals surface area (Å²) in [7, 11) is 0. The Hall–Kier alpha value is -1.38. The van der Waals surface area contributed by atoms with E-state index in [1.807, 2.05) is 29.1 Å². The molecule has 1 aromatic rings. The fourth-order valence-electron chi connectivity index (χ4n) is 2.23. The van der Waals surface area contributed by atoms with Crippen molar-refractivity contribution in [3.63, 3.8) is 0 Å². The van der Waals surface area contributed by atoms with Crippen LogP contribution in [0, 0.1) is 5.92 Å². The molecule has 0 saturated carbocycles. The van der Waals surface area contributed by atoms with Gasteiger partial charge in [-0.05, 0) is 30.9 Å². The summed E-state index contributed by atoms with van der Waals surface area (Å²) in [5, 5.41) is 1.52. The lowest BCUT2D eigenvalue weighted by Crippen LogP contribution is -2.43. The van der Waals surface area contributed by atoms with Gasteiger partial charge in [-0.15, -0.1) is 5.06 Å². The van der Waals surface area contributed by atoms with Crippen LogP contribution in [0.2, 0.25) is 0 Å². The number of hydroxylamine groups is 2. The molecule has 1 aliphatic heterocycles. The molecular formula is C11H16N3O4S-. The minimum Gasteiger partial charge on any atom is -0.755 e. The van der Waals surface area contributed by atoms with Crippen LogP contribution >= 0.6 is 0 Å². The number of nitrogens with zero attached hydrogens (tertiary/aromatic N) is 2. The zero-order valence-electron chi connectivity index (χ0n) is 10.5. The monoisotopic (exact) mass is 286 g/mol. The van der Waals surface area contributed by atoms with E-state index in [2.05, 4.69) is 6.92 Å². The van der Waals surface area contributed by atoms with Crippen LogP contribution in [0.3, 0.4) is 0 Å². The van der Waals surface area contributed by atoms with Crippen molar-refractivity contribution in [1.29, 1.82) is 0 Å². The van der Waals surface area contributed by atoms with Crippen LogP contribution in [0.5, 0.6) is 0 Å². The number of piperidine rings is 1. The van der Waals surface area contributed by atoms with Crippen molar-refractivity contribution in [3.8, 4) is 0 Å². The van der Waals surface area contributed by atoms with Crippen molar-refractivity contribution < 1.29 is 18.4 Å². The van der Waals surface area contributed by atoms with Crippen molar-refractivity contribution in [2.75, 3.05) is 6.54 Å². The fraction of sp³-hybridized carbons (Fsp3) is 0.545. The molecule has 0 aromatic carbocycles. The zero-order valence-corrected chi connectivity index (χ0v) is 11.3. The van der Waals surface area contributed by atoms with Gasteiger partial charge in [-0.1, -0.05) is 6.92 Å². The Labute approximate surface area is 113 Å². The standard InChI is InChI=1S/C11H17N3O4S/c1-9-4-5-10(13-6-2-3-7-13)14(8-9)18-11(15)12-19(16)17/h2-3,6-7,9-10H,4-5,8H2,1H3,(H,12,15)(H,16,17)/p-1. The first-order valence-electron chi connectivity index (χ1n) is 6.03. The third-order valence-corrected chi connectivity index (χ3v) is 3.41. The highest BCUT2D eigenvalue weighted by Crippen LogP contribution is 2.29. The van der Waals surface area contributed by atoms with E-state index in [1.165, 1.54) is 5.06 Å². The number of hydrogen-bond acceptors (Lipinski definition) is 5. The molecule has 1 fully saturated rings. The zero-order chi connectivity index (χ0) is 13.8. The minimum absolute atomic E-state index is 0.1000. The van der Waals surface area contributed by atoms with Crippen molar-refractivity contribution in [3.05, 3.63) is 24.5 Å². The van der Waals surface area contributed by atoms with Gasteiger partial charge in [-0.3, -0.25) is 4.21 Å². The van der Waals surface area contributed by atoms with Crippen LogP contribution < -0.4 is 4.72 Å². The van der Waals surface area contributed by atoms with Crippen molar-refractivity contribution >= 4 is 17.4 Å². The smallest absolute Gasteiger partial charge is 0.437 e. The summed E-state index contributed by atoms with van der Waals surface area (Å²) >= 11 is -2.66. The number of carbonyl (C=O) groups is 1. The quantitative estimate of drug-likeness (QED) is 0.842. The highest BCUT2D eigenvalue weighted by Gasteiger charge is 2.30. The first-order chi connectivity index (χ1) is 9.06. The second-order valence-electron chi connectivity index (χ2n) is 4.61. The van der Waals surface area contributed by atoms with E-state index in [-0.39, 0.29) is 6.17 Å². The summed E-state index contributed by atoms with van der Waals surface area (Å²) in [6.07, 6.45) is 4.56. The number of aromatic nitrogens is 1. The van der Waals surface area contributed by atoms with E-state index in [9.17, 15) is 13.6 Å². The van der Waals surface area contributed by atoms with Gasteiger partial charge in [-0.2, -0.15) is 0 Å². The lowest BCUT2D eigenvalue weighted by Gasteiger charge is -2.37. The maximum atomic E-state index is 11.4. The van der Waals surface area contributed by atoms with Gasteiger partial charge in [0.2, 0.25) is 0 Å². The molecule has 1 N–H and O–H groups in total. The molecule has 7 nitrogen and oxygen atoms in total. The molecule has 0 bridgehead atoms. The van der Waals surface area contributed by atoms with Gasteiger partial charge in [0.15, 0.2) is 0 Å². The largest absolute Gasteiger partial charge is 0.755 e. The third-order valence-electron chi connectivity index (χ3n) is 3.08. The van der Waals surface area contributed by atoms with Crippen molar-refractivity contribution in [2.45, 2.75) is 25.9 Å². The summed E-state index contributed by atoms with van der Waals surface area (Å²) in [5.74, 6) is 0.386. The summed E-state index contributed by atoms with van der Waals surface area (Å²) in [6.45, 7) is 2.63. The van der Waals surface area contributed by atoms with Crippen LogP contribution in [-0.2, 0) is 16.1 Å². The highest BCUT2D eigenvalue weighted by molar-refractivity contribution is 7.77. The Bertz CT molecular complexity index is 451. The fourth-order valence-corrected chi connectivity index (χ4v) is 2.41.